The molecule has 8 heteroatoms. The number of ether oxygens (including phenoxy) is 5. The van der Waals surface area contributed by atoms with Crippen molar-refractivity contribution in [3.8, 4) is 28.7 Å². The molecule has 0 radical (unpaired) electrons. The highest BCUT2D eigenvalue weighted by Gasteiger charge is 2.34. The van der Waals surface area contributed by atoms with Crippen LogP contribution in [-0.4, -0.2) is 43.3 Å². The van der Waals surface area contributed by atoms with Crippen molar-refractivity contribution in [2.24, 2.45) is 0 Å². The molecule has 0 fully saturated rings. The number of aromatic nitrogens is 1. The fourth-order valence-corrected chi connectivity index (χ4v) is 5.58. The number of ketones is 1. The van der Waals surface area contributed by atoms with Crippen molar-refractivity contribution in [3.63, 3.8) is 0 Å². The van der Waals surface area contributed by atoms with Crippen LogP contribution in [0, 0.1) is 6.92 Å². The van der Waals surface area contributed by atoms with Crippen molar-refractivity contribution in [1.82, 2.24) is 9.47 Å². The van der Waals surface area contributed by atoms with Crippen LogP contribution >= 0.6 is 0 Å². The minimum absolute atomic E-state index is 0.127. The second-order valence-electron chi connectivity index (χ2n) is 10.0. The van der Waals surface area contributed by atoms with Crippen LogP contribution in [0.2, 0.25) is 0 Å². The van der Waals surface area contributed by atoms with Crippen molar-refractivity contribution < 1.29 is 28.5 Å². The Kier molecular flexibility index (Phi) is 6.64. The topological polar surface area (TPSA) is 71.4 Å². The first-order valence-corrected chi connectivity index (χ1v) is 13.3. The van der Waals surface area contributed by atoms with E-state index in [9.17, 15) is 4.79 Å². The molecule has 3 heterocycles. The molecule has 2 aliphatic heterocycles. The molecule has 2 aliphatic rings. The third kappa shape index (κ3) is 4.34. The maximum absolute atomic E-state index is 13.6. The summed E-state index contributed by atoms with van der Waals surface area (Å²) < 4.78 is 30.8. The molecule has 0 atom stereocenters. The molecule has 8 nitrogen and oxygen atoms in total. The van der Waals surface area contributed by atoms with Gasteiger partial charge in [-0.3, -0.25) is 9.69 Å². The number of carbonyl (C=O) groups is 1. The zero-order valence-electron chi connectivity index (χ0n) is 23.4. The molecule has 206 valence electrons. The Morgan fingerprint density at radius 2 is 1.80 bits per heavy atom. The number of hydrogen-bond acceptors (Lipinski definition) is 7. The maximum Gasteiger partial charge on any atom is 0.231 e. The van der Waals surface area contributed by atoms with E-state index in [1.165, 1.54) is 0 Å². The zero-order chi connectivity index (χ0) is 28.0. The van der Waals surface area contributed by atoms with Crippen LogP contribution in [0.4, 0.5) is 0 Å². The van der Waals surface area contributed by atoms with E-state index in [-0.39, 0.29) is 5.78 Å². The highest BCUT2D eigenvalue weighted by atomic mass is 16.5. The number of hydrogen-bond donors (Lipinski definition) is 0. The van der Waals surface area contributed by atoms with Crippen LogP contribution in [0.15, 0.2) is 54.4 Å². The molecule has 6 rings (SSSR count). The fraction of sp³-hybridized carbons (Fsp3) is 0.281. The van der Waals surface area contributed by atoms with Crippen molar-refractivity contribution in [2.45, 2.75) is 33.5 Å². The lowest BCUT2D eigenvalue weighted by molar-refractivity contribution is 0.0876. The Bertz CT molecular complexity index is 1670. The standard InChI is InChI=1S/C32H32N2O6/c1-6-34-17-21(24-14-23(36-3)8-9-26(24)34)13-29-30(35)25-12-22-16-33(18-39-31(22)19(2)32(25)40-29)15-20-7-10-27(37-4)28(11-20)38-5/h7-14,17H,6,15-16,18H2,1-5H3/b29-13-. The number of aryl methyl sites for hydroxylation is 1. The van der Waals surface area contributed by atoms with Crippen molar-refractivity contribution in [1.29, 1.82) is 0 Å². The van der Waals surface area contributed by atoms with Crippen LogP contribution in [0.1, 0.15) is 39.5 Å². The number of rotatable bonds is 7. The van der Waals surface area contributed by atoms with Gasteiger partial charge in [-0.25, -0.2) is 0 Å². The maximum atomic E-state index is 13.6. The van der Waals surface area contributed by atoms with Gasteiger partial charge in [0.2, 0.25) is 5.78 Å². The lowest BCUT2D eigenvalue weighted by Gasteiger charge is -2.30. The van der Waals surface area contributed by atoms with Crippen molar-refractivity contribution in [2.75, 3.05) is 28.1 Å². The number of carbonyl (C=O) groups excluding carboxylic acids is 1. The molecule has 0 amide bonds. The van der Waals surface area contributed by atoms with Gasteiger partial charge in [0.1, 0.15) is 24.0 Å². The predicted octanol–water partition coefficient (Wildman–Crippen LogP) is 5.96. The minimum Gasteiger partial charge on any atom is -0.497 e. The van der Waals surface area contributed by atoms with Crippen molar-refractivity contribution in [3.05, 3.63) is 82.2 Å². The molecule has 3 aromatic carbocycles. The van der Waals surface area contributed by atoms with E-state index in [0.717, 1.165) is 51.2 Å². The number of fused-ring (bicyclic) bond motifs is 3. The van der Waals surface area contributed by atoms with E-state index in [2.05, 4.69) is 16.4 Å². The second kappa shape index (κ2) is 10.3. The second-order valence-corrected chi connectivity index (χ2v) is 10.0. The normalized spacial score (nSPS) is 15.5. The predicted molar refractivity (Wildman–Crippen MR) is 153 cm³/mol. The van der Waals surface area contributed by atoms with Gasteiger partial charge >= 0.3 is 0 Å². The Balaban J connectivity index is 1.29. The van der Waals surface area contributed by atoms with Gasteiger partial charge in [-0.15, -0.1) is 0 Å². The first kappa shape index (κ1) is 25.8. The molecule has 0 spiro atoms. The summed E-state index contributed by atoms with van der Waals surface area (Å²) in [7, 11) is 4.91. The van der Waals surface area contributed by atoms with E-state index in [0.29, 0.717) is 48.4 Å². The first-order chi connectivity index (χ1) is 19.4. The lowest BCUT2D eigenvalue weighted by atomic mass is 9.99. The molecular weight excluding hydrogens is 508 g/mol. The molecule has 0 aliphatic carbocycles. The quantitative estimate of drug-likeness (QED) is 0.268. The molecule has 4 aromatic rings. The van der Waals surface area contributed by atoms with Gasteiger partial charge in [0.05, 0.1) is 26.9 Å². The minimum atomic E-state index is -0.127. The van der Waals surface area contributed by atoms with E-state index in [4.69, 9.17) is 23.7 Å². The molecular formula is C32H32N2O6. The summed E-state index contributed by atoms with van der Waals surface area (Å²) in [5.41, 5.74) is 5.44. The van der Waals surface area contributed by atoms with E-state index in [1.54, 1.807) is 21.3 Å². The smallest absolute Gasteiger partial charge is 0.231 e. The Morgan fingerprint density at radius 1 is 0.975 bits per heavy atom. The Hall–Kier alpha value is -4.43. The van der Waals surface area contributed by atoms with Gasteiger partial charge in [-0.2, -0.15) is 0 Å². The van der Waals surface area contributed by atoms with Crippen LogP contribution in [-0.2, 0) is 19.6 Å². The van der Waals surface area contributed by atoms with E-state index >= 15 is 0 Å². The zero-order valence-corrected chi connectivity index (χ0v) is 23.4. The highest BCUT2D eigenvalue weighted by molar-refractivity contribution is 6.15. The molecule has 0 N–H and O–H groups in total. The van der Waals surface area contributed by atoms with Gasteiger partial charge in [0.15, 0.2) is 17.3 Å². The van der Waals surface area contributed by atoms with Crippen LogP contribution < -0.4 is 23.7 Å². The molecule has 0 saturated heterocycles. The number of benzene rings is 3. The summed E-state index contributed by atoms with van der Waals surface area (Å²) in [5, 5.41) is 1.01. The fourth-order valence-electron chi connectivity index (χ4n) is 5.58. The summed E-state index contributed by atoms with van der Waals surface area (Å²) in [4.78, 5) is 15.8. The third-order valence-corrected chi connectivity index (χ3v) is 7.60. The van der Waals surface area contributed by atoms with Gasteiger partial charge in [0, 0.05) is 53.4 Å². The summed E-state index contributed by atoms with van der Waals surface area (Å²) in [6.45, 7) is 6.59. The van der Waals surface area contributed by atoms with Gasteiger partial charge in [-0.1, -0.05) is 6.07 Å². The molecule has 0 saturated carbocycles. The molecule has 0 unspecified atom stereocenters. The number of methoxy groups -OCH3 is 3. The summed E-state index contributed by atoms with van der Waals surface area (Å²) in [5.74, 6) is 3.68. The third-order valence-electron chi connectivity index (χ3n) is 7.60. The van der Waals surface area contributed by atoms with Crippen LogP contribution in [0.3, 0.4) is 0 Å². The number of nitrogens with zero attached hydrogens (tertiary/aromatic N) is 2. The lowest BCUT2D eigenvalue weighted by Crippen LogP contribution is -2.32. The van der Waals surface area contributed by atoms with Crippen LogP contribution in [0.25, 0.3) is 17.0 Å². The Morgan fingerprint density at radius 3 is 2.55 bits per heavy atom. The summed E-state index contributed by atoms with van der Waals surface area (Å²) in [6, 6.07) is 13.8. The molecule has 1 aromatic heterocycles. The van der Waals surface area contributed by atoms with Crippen molar-refractivity contribution >= 4 is 22.8 Å². The Labute approximate surface area is 233 Å². The molecule has 0 bridgehead atoms. The molecule has 40 heavy (non-hydrogen) atoms. The van der Waals surface area contributed by atoms with E-state index in [1.807, 2.05) is 61.7 Å². The SMILES string of the molecule is CCn1cc(/C=C2\Oc3c(cc4c(c3C)OCN(Cc3ccc(OC)c(OC)c3)C4)C2=O)c2cc(OC)ccc21. The first-order valence-electron chi connectivity index (χ1n) is 13.3. The van der Waals surface area contributed by atoms with Gasteiger partial charge in [0.25, 0.3) is 0 Å². The summed E-state index contributed by atoms with van der Waals surface area (Å²) >= 11 is 0. The largest absolute Gasteiger partial charge is 0.497 e. The average Bonchev–Trinajstić information content (AvgIpc) is 3.49. The van der Waals surface area contributed by atoms with E-state index < -0.39 is 0 Å². The van der Waals surface area contributed by atoms with Gasteiger partial charge < -0.3 is 28.3 Å². The highest BCUT2D eigenvalue weighted by Crippen LogP contribution is 2.44. The van der Waals surface area contributed by atoms with Crippen LogP contribution in [0.5, 0.6) is 28.7 Å². The summed E-state index contributed by atoms with van der Waals surface area (Å²) in [6.07, 6.45) is 3.88. The average molecular weight is 541 g/mol. The van der Waals surface area contributed by atoms with Gasteiger partial charge in [-0.05, 0) is 61.9 Å². The number of Topliss-reactive ketones (excluding diaryl/α,β-unsaturated/α-hetero) is 1. The number of allylic oxidation sites excluding steroid dienone is 1. The monoisotopic (exact) mass is 540 g/mol.